The number of nitrogens with zero attached hydrogens (tertiary/aromatic N) is 3. The largest absolute Gasteiger partial charge is 0.505 e. The van der Waals surface area contributed by atoms with Crippen molar-refractivity contribution in [3.05, 3.63) is 69.9 Å². The summed E-state index contributed by atoms with van der Waals surface area (Å²) >= 11 is 0. The molecule has 12 N–H and O–H groups in total. The van der Waals surface area contributed by atoms with E-state index in [1.807, 2.05) is 0 Å². The van der Waals surface area contributed by atoms with Gasteiger partial charge in [-0.3, -0.25) is 28.6 Å². The number of aromatic amines is 3. The van der Waals surface area contributed by atoms with E-state index in [4.69, 9.17) is 0 Å². The van der Waals surface area contributed by atoms with Gasteiger partial charge in [-0.1, -0.05) is 0 Å². The number of nitrogens with one attached hydrogen (secondary N) is 3. The molecule has 4 aromatic rings. The minimum atomic E-state index is -5.14. The topological polar surface area (TPSA) is 420 Å². The zero-order chi connectivity index (χ0) is 38.4. The lowest BCUT2D eigenvalue weighted by Crippen LogP contribution is -2.36. The maximum absolute atomic E-state index is 11.8. The number of hydrogen-bond acceptors (Lipinski definition) is 15. The molecule has 0 aliphatic rings. The predicted octanol–water partition coefficient (Wildman–Crippen LogP) is -0.680. The normalized spacial score (nSPS) is 11.8. The van der Waals surface area contributed by atoms with Crippen molar-refractivity contribution in [3.63, 3.8) is 0 Å². The van der Waals surface area contributed by atoms with E-state index in [1.54, 1.807) is 0 Å². The molecule has 51 heavy (non-hydrogen) atoms. The number of carbonyl (C=O) groups is 3. The van der Waals surface area contributed by atoms with Gasteiger partial charge in [-0.05, 0) is 36.4 Å². The van der Waals surface area contributed by atoms with Crippen LogP contribution < -0.4 is 16.9 Å². The monoisotopic (exact) mass is 774 g/mol. The van der Waals surface area contributed by atoms with E-state index in [9.17, 15) is 83.9 Å². The average Bonchev–Trinajstić information content (AvgIpc) is 2.98. The summed E-state index contributed by atoms with van der Waals surface area (Å²) in [7, 11) is -15.4. The highest BCUT2D eigenvalue weighted by Crippen LogP contribution is 2.35. The number of H-pyrrole nitrogens is 3. The molecule has 0 saturated carbocycles. The van der Waals surface area contributed by atoms with Gasteiger partial charge < -0.3 is 30.6 Å². The molecule has 3 aromatic carbocycles. The molecular formula is C24H18N6O18S3. The van der Waals surface area contributed by atoms with E-state index < -0.39 is 131 Å². The second-order valence-corrected chi connectivity index (χ2v) is 13.9. The summed E-state index contributed by atoms with van der Waals surface area (Å²) in [6.45, 7) is 0. The number of aromatic nitrogens is 3. The summed E-state index contributed by atoms with van der Waals surface area (Å²) in [5, 5.41) is 59.7. The van der Waals surface area contributed by atoms with E-state index in [0.717, 1.165) is 0 Å². The molecule has 1 heterocycles. The summed E-state index contributed by atoms with van der Waals surface area (Å²) in [6, 6.07) is 2.54. The van der Waals surface area contributed by atoms with Gasteiger partial charge in [-0.25, -0.2) is 29.4 Å². The molecule has 270 valence electrons. The van der Waals surface area contributed by atoms with Crippen molar-refractivity contribution in [2.45, 2.75) is 14.7 Å². The Hall–Kier alpha value is -6.39. The maximum Gasteiger partial charge on any atom is 0.339 e. The van der Waals surface area contributed by atoms with Gasteiger partial charge >= 0.3 is 17.9 Å². The fourth-order valence-electron chi connectivity index (χ4n) is 3.93. The van der Waals surface area contributed by atoms with E-state index in [0.29, 0.717) is 36.4 Å². The third kappa shape index (κ3) is 8.26. The lowest BCUT2D eigenvalue weighted by Gasteiger charge is -2.07. The van der Waals surface area contributed by atoms with E-state index in [-0.39, 0.29) is 0 Å². The number of hydrogen-bond donors (Lipinski definition) is 12. The van der Waals surface area contributed by atoms with Gasteiger partial charge in [0.15, 0.2) is 17.2 Å². The van der Waals surface area contributed by atoms with Crippen molar-refractivity contribution in [1.82, 2.24) is 15.0 Å². The third-order valence-electron chi connectivity index (χ3n) is 6.18. The summed E-state index contributed by atoms with van der Waals surface area (Å²) in [5.74, 6) is -9.30. The molecule has 4 rings (SSSR count). The van der Waals surface area contributed by atoms with Crippen LogP contribution >= 0.6 is 0 Å². The zero-order valence-electron chi connectivity index (χ0n) is 24.2. The summed E-state index contributed by atoms with van der Waals surface area (Å²) in [6.07, 6.45) is 0. The first kappa shape index (κ1) is 37.4. The van der Waals surface area contributed by atoms with Crippen molar-refractivity contribution in [1.29, 1.82) is 0 Å². The lowest BCUT2D eigenvalue weighted by atomic mass is 10.1. The van der Waals surface area contributed by atoms with Crippen molar-refractivity contribution >= 4 is 65.3 Å². The van der Waals surface area contributed by atoms with E-state index in [1.165, 1.54) is 0 Å². The Labute approximate surface area is 280 Å². The fourth-order valence-corrected chi connectivity index (χ4v) is 5.51. The van der Waals surface area contributed by atoms with Crippen molar-refractivity contribution in [2.75, 3.05) is 0 Å². The molecule has 0 saturated heterocycles. The highest BCUT2D eigenvalue weighted by Gasteiger charge is 2.23. The van der Waals surface area contributed by atoms with Crippen molar-refractivity contribution < 1.29 is 83.9 Å². The molecule has 1 aromatic heterocycles. The fraction of sp³-hybridized carbons (Fsp3) is 0. The number of benzene rings is 3. The van der Waals surface area contributed by atoms with Gasteiger partial charge in [0, 0.05) is 0 Å². The Bertz CT molecular complexity index is 2430. The Morgan fingerprint density at radius 1 is 0.451 bits per heavy atom. The van der Waals surface area contributed by atoms with Crippen molar-refractivity contribution in [2.24, 2.45) is 15.0 Å². The standard InChI is InChI=1S/C24H18N6O18S3/c31-16-10(19(34)35)1-7(49(40,41)42)4-13(16)25-22-28-23(26-14-5-8(50(43,44)45)2-11(17(14)32)20(36)37)30-24(29-22)27-15-6-9(51(46,47)48)3-12(18(15)33)21(38)39/h1-6,31-33H,(H,34,35)(H,36,37)(H,38,39)(H,40,41,42)(H,43,44,45)(H,46,47,48)(H3,25,26,27,28,29,30). The molecule has 0 atom stereocenters. The minimum Gasteiger partial charge on any atom is -0.505 e. The summed E-state index contributed by atoms with van der Waals surface area (Å²) in [4.78, 5) is 49.9. The second kappa shape index (κ2) is 13.1. The van der Waals surface area contributed by atoms with Crippen LogP contribution in [-0.2, 0) is 30.4 Å². The summed E-state index contributed by atoms with van der Waals surface area (Å²) in [5.41, 5.74) is -8.35. The summed E-state index contributed by atoms with van der Waals surface area (Å²) < 4.78 is 99.2. The molecule has 0 spiro atoms. The second-order valence-electron chi connectivity index (χ2n) is 9.61. The van der Waals surface area contributed by atoms with E-state index >= 15 is 0 Å². The highest BCUT2D eigenvalue weighted by atomic mass is 32.2. The Kier molecular flexibility index (Phi) is 9.65. The molecule has 0 radical (unpaired) electrons. The molecule has 0 amide bonds. The van der Waals surface area contributed by atoms with Gasteiger partial charge in [0.2, 0.25) is 16.9 Å². The number of rotatable bonds is 9. The molecule has 0 aliphatic heterocycles. The zero-order valence-corrected chi connectivity index (χ0v) is 26.7. The van der Waals surface area contributed by atoms with Crippen LogP contribution in [0.5, 0.6) is 17.2 Å². The first-order chi connectivity index (χ1) is 23.4. The van der Waals surface area contributed by atoms with Crippen molar-refractivity contribution in [3.8, 4) is 17.2 Å². The SMILES string of the molecule is O=C(O)c1cc(S(=O)(=O)O)cc(N=c2[nH]c(=Nc3cc(S(=O)(=O)O)cc(C(=O)O)c3O)[nH]c(=Nc3cc(S(=O)(=O)O)cc(C(=O)O)c3O)[nH]2)c1O. The Balaban J connectivity index is 2.22. The molecule has 0 bridgehead atoms. The van der Waals surface area contributed by atoms with E-state index in [2.05, 4.69) is 29.9 Å². The Morgan fingerprint density at radius 3 is 0.843 bits per heavy atom. The number of aromatic hydroxyl groups is 3. The number of phenols is 3. The predicted molar refractivity (Wildman–Crippen MR) is 160 cm³/mol. The molecular weight excluding hydrogens is 756 g/mol. The van der Waals surface area contributed by atoms with Crippen LogP contribution in [0.1, 0.15) is 31.1 Å². The van der Waals surface area contributed by atoms with Crippen LogP contribution in [-0.4, -0.2) is 102 Å². The van der Waals surface area contributed by atoms with Crippen LogP contribution in [0, 0.1) is 0 Å². The smallest absolute Gasteiger partial charge is 0.339 e. The quantitative estimate of drug-likeness (QED) is 0.0937. The molecule has 0 aliphatic carbocycles. The molecule has 27 heteroatoms. The first-order valence-corrected chi connectivity index (χ1v) is 17.0. The van der Waals surface area contributed by atoms with Gasteiger partial charge in [0.05, 0.1) is 14.7 Å². The first-order valence-electron chi connectivity index (χ1n) is 12.7. The maximum atomic E-state index is 11.8. The van der Waals surface area contributed by atoms with Gasteiger partial charge in [-0.2, -0.15) is 25.3 Å². The number of carboxylic acids is 3. The number of aromatic carboxylic acids is 3. The van der Waals surface area contributed by atoms with Crippen LogP contribution in [0.15, 0.2) is 66.1 Å². The molecule has 0 unspecified atom stereocenters. The van der Waals surface area contributed by atoms with Crippen LogP contribution in [0.4, 0.5) is 17.1 Å². The third-order valence-corrected chi connectivity index (χ3v) is 8.68. The van der Waals surface area contributed by atoms with Crippen LogP contribution in [0.3, 0.4) is 0 Å². The van der Waals surface area contributed by atoms with Gasteiger partial charge in [0.1, 0.15) is 33.8 Å². The molecule has 0 fully saturated rings. The van der Waals surface area contributed by atoms with Gasteiger partial charge in [-0.15, -0.1) is 0 Å². The minimum absolute atomic E-state index is 0.371. The lowest BCUT2D eigenvalue weighted by molar-refractivity contribution is 0.0682. The molecule has 24 nitrogen and oxygen atoms in total. The number of carboxylic acid groups (broad SMARTS) is 3. The van der Waals surface area contributed by atoms with Crippen LogP contribution in [0.25, 0.3) is 0 Å². The van der Waals surface area contributed by atoms with Crippen LogP contribution in [0.2, 0.25) is 0 Å². The average molecular weight is 775 g/mol. The highest BCUT2D eigenvalue weighted by molar-refractivity contribution is 7.86. The van der Waals surface area contributed by atoms with Gasteiger partial charge in [0.25, 0.3) is 30.4 Å². The Morgan fingerprint density at radius 2 is 0.667 bits per heavy atom.